The van der Waals surface area contributed by atoms with Crippen LogP contribution in [0.5, 0.6) is 0 Å². The SMILES string of the molecule is C[C@@H]1CCC[C@]2(C)C[C@H]3OC(=O)[C@@H](C[NH+](C)[C@@H](C)[C@@H](O)c4ccccc4)[C@H]3C=C12. The van der Waals surface area contributed by atoms with E-state index in [-0.39, 0.29) is 35.4 Å². The van der Waals surface area contributed by atoms with Crippen LogP contribution in [0.4, 0.5) is 0 Å². The summed E-state index contributed by atoms with van der Waals surface area (Å²) < 4.78 is 5.89. The Bertz CT molecular complexity index is 776. The number of hydrogen-bond acceptors (Lipinski definition) is 3. The molecule has 1 saturated carbocycles. The van der Waals surface area contributed by atoms with Gasteiger partial charge in [0, 0.05) is 5.92 Å². The van der Waals surface area contributed by atoms with Crippen molar-refractivity contribution in [3.8, 4) is 0 Å². The standard InChI is InChI=1S/C25H35NO3/c1-16-9-8-12-25(3)14-22-19(13-21(16)25)20(24(28)29-22)15-26(4)17(2)23(27)18-10-6-5-7-11-18/h5-7,10-11,13,16-17,19-20,22-23,27H,8-9,12,14-15H2,1-4H3/p+1/t16-,17+,19-,20+,22-,23-,25-/m1/s1. The lowest BCUT2D eigenvalue weighted by molar-refractivity contribution is -0.911. The van der Waals surface area contributed by atoms with Crippen LogP contribution in [0.1, 0.15) is 58.1 Å². The summed E-state index contributed by atoms with van der Waals surface area (Å²) >= 11 is 0. The lowest BCUT2D eigenvalue weighted by Crippen LogP contribution is -3.14. The summed E-state index contributed by atoms with van der Waals surface area (Å²) in [6.45, 7) is 7.46. The van der Waals surface area contributed by atoms with Gasteiger partial charge in [-0.05, 0) is 43.1 Å². The van der Waals surface area contributed by atoms with Crippen molar-refractivity contribution in [2.45, 2.75) is 64.7 Å². The van der Waals surface area contributed by atoms with Crippen LogP contribution in [0.15, 0.2) is 42.0 Å². The number of quaternary nitrogens is 1. The average Bonchev–Trinajstić information content (AvgIpc) is 2.99. The first-order valence-corrected chi connectivity index (χ1v) is 11.3. The molecule has 1 unspecified atom stereocenters. The highest BCUT2D eigenvalue weighted by Crippen LogP contribution is 2.53. The van der Waals surface area contributed by atoms with Crippen LogP contribution in [-0.2, 0) is 9.53 Å². The minimum atomic E-state index is -0.546. The minimum absolute atomic E-state index is 0.000589. The van der Waals surface area contributed by atoms with Crippen LogP contribution in [0, 0.1) is 23.2 Å². The summed E-state index contributed by atoms with van der Waals surface area (Å²) in [5.41, 5.74) is 2.69. The second kappa shape index (κ2) is 7.88. The van der Waals surface area contributed by atoms with Crippen LogP contribution in [0.3, 0.4) is 0 Å². The lowest BCUT2D eigenvalue weighted by atomic mass is 9.59. The Labute approximate surface area is 174 Å². The van der Waals surface area contributed by atoms with Gasteiger partial charge in [0.05, 0.1) is 13.6 Å². The number of allylic oxidation sites excluding steroid dienone is 1. The van der Waals surface area contributed by atoms with Crippen molar-refractivity contribution in [3.63, 3.8) is 0 Å². The number of ether oxygens (including phenoxy) is 1. The summed E-state index contributed by atoms with van der Waals surface area (Å²) in [5.74, 6) is 0.626. The second-order valence-electron chi connectivity index (χ2n) is 10.0. The van der Waals surface area contributed by atoms with Gasteiger partial charge < -0.3 is 14.7 Å². The van der Waals surface area contributed by atoms with E-state index in [1.54, 1.807) is 5.57 Å². The molecule has 3 aliphatic rings. The van der Waals surface area contributed by atoms with Crippen molar-refractivity contribution < 1.29 is 19.5 Å². The quantitative estimate of drug-likeness (QED) is 0.592. The van der Waals surface area contributed by atoms with E-state index in [0.717, 1.165) is 12.0 Å². The van der Waals surface area contributed by atoms with Crippen LogP contribution < -0.4 is 4.90 Å². The molecule has 4 rings (SSSR count). The number of carbonyl (C=O) groups excluding carboxylic acids is 1. The van der Waals surface area contributed by atoms with Gasteiger partial charge >= 0.3 is 5.97 Å². The molecular formula is C25H36NO3+. The Hall–Kier alpha value is -1.65. The van der Waals surface area contributed by atoms with Crippen molar-refractivity contribution >= 4 is 5.97 Å². The maximum Gasteiger partial charge on any atom is 0.315 e. The van der Waals surface area contributed by atoms with E-state index in [1.165, 1.54) is 24.2 Å². The Morgan fingerprint density at radius 2 is 2.03 bits per heavy atom. The van der Waals surface area contributed by atoms with E-state index in [9.17, 15) is 9.90 Å². The number of nitrogens with one attached hydrogen (secondary N) is 1. The minimum Gasteiger partial charge on any atom is -0.461 e. The number of benzene rings is 1. The van der Waals surface area contributed by atoms with Gasteiger partial charge in [-0.1, -0.05) is 62.2 Å². The lowest BCUT2D eigenvalue weighted by Gasteiger charge is -2.46. The maximum atomic E-state index is 12.8. The van der Waals surface area contributed by atoms with E-state index >= 15 is 0 Å². The molecule has 1 aliphatic heterocycles. The fourth-order valence-electron chi connectivity index (χ4n) is 6.02. The molecule has 158 valence electrons. The van der Waals surface area contributed by atoms with E-state index in [2.05, 4.69) is 33.9 Å². The van der Waals surface area contributed by atoms with Crippen LogP contribution in [0.25, 0.3) is 0 Å². The third-order valence-electron chi connectivity index (χ3n) is 8.02. The molecule has 8 atom stereocenters. The Morgan fingerprint density at radius 3 is 2.76 bits per heavy atom. The van der Waals surface area contributed by atoms with Crippen molar-refractivity contribution in [1.29, 1.82) is 0 Å². The molecule has 0 spiro atoms. The fraction of sp³-hybridized carbons (Fsp3) is 0.640. The summed E-state index contributed by atoms with van der Waals surface area (Å²) in [4.78, 5) is 14.0. The summed E-state index contributed by atoms with van der Waals surface area (Å²) in [7, 11) is 2.08. The Morgan fingerprint density at radius 1 is 1.31 bits per heavy atom. The van der Waals surface area contributed by atoms with Gasteiger partial charge in [-0.3, -0.25) is 4.79 Å². The maximum absolute atomic E-state index is 12.8. The molecule has 0 aromatic heterocycles. The van der Waals surface area contributed by atoms with Gasteiger partial charge in [0.25, 0.3) is 0 Å². The van der Waals surface area contributed by atoms with E-state index in [0.29, 0.717) is 12.5 Å². The smallest absolute Gasteiger partial charge is 0.315 e. The number of esters is 1. The van der Waals surface area contributed by atoms with Crippen molar-refractivity contribution in [2.75, 3.05) is 13.6 Å². The number of likely N-dealkylation sites (N-methyl/N-ethyl adjacent to an activating group) is 1. The van der Waals surface area contributed by atoms with E-state index in [1.807, 2.05) is 30.3 Å². The predicted octanol–water partition coefficient (Wildman–Crippen LogP) is 2.94. The molecule has 4 nitrogen and oxygen atoms in total. The molecule has 4 heteroatoms. The molecule has 2 N–H and O–H groups in total. The molecular weight excluding hydrogens is 362 g/mol. The van der Waals surface area contributed by atoms with Crippen LogP contribution in [-0.4, -0.2) is 36.8 Å². The zero-order valence-corrected chi connectivity index (χ0v) is 18.2. The Kier molecular flexibility index (Phi) is 5.60. The topological polar surface area (TPSA) is 51.0 Å². The molecule has 29 heavy (non-hydrogen) atoms. The third kappa shape index (κ3) is 3.77. The summed E-state index contributed by atoms with van der Waals surface area (Å²) in [5, 5.41) is 10.8. The monoisotopic (exact) mass is 398 g/mol. The first-order chi connectivity index (χ1) is 13.8. The first-order valence-electron chi connectivity index (χ1n) is 11.3. The van der Waals surface area contributed by atoms with E-state index < -0.39 is 6.10 Å². The van der Waals surface area contributed by atoms with Crippen molar-refractivity contribution in [1.82, 2.24) is 0 Å². The fourth-order valence-corrected chi connectivity index (χ4v) is 6.02. The predicted molar refractivity (Wildman–Crippen MR) is 113 cm³/mol. The zero-order chi connectivity index (χ0) is 20.8. The van der Waals surface area contributed by atoms with Crippen LogP contribution in [0.2, 0.25) is 0 Å². The van der Waals surface area contributed by atoms with Gasteiger partial charge in [0.15, 0.2) is 0 Å². The molecule has 1 saturated heterocycles. The van der Waals surface area contributed by atoms with Crippen molar-refractivity contribution in [2.24, 2.45) is 23.2 Å². The molecule has 1 heterocycles. The molecule has 0 bridgehead atoms. The third-order valence-corrected chi connectivity index (χ3v) is 8.02. The second-order valence-corrected chi connectivity index (χ2v) is 10.0. The number of aliphatic hydroxyl groups excluding tert-OH is 1. The molecule has 1 aromatic rings. The highest BCUT2D eigenvalue weighted by Gasteiger charge is 2.52. The number of rotatable bonds is 5. The molecule has 1 aromatic carbocycles. The number of hydrogen-bond donors (Lipinski definition) is 2. The van der Waals surface area contributed by atoms with Gasteiger partial charge in [-0.15, -0.1) is 0 Å². The van der Waals surface area contributed by atoms with Crippen molar-refractivity contribution in [3.05, 3.63) is 47.5 Å². The molecule has 0 amide bonds. The average molecular weight is 399 g/mol. The molecule has 2 fully saturated rings. The molecule has 2 aliphatic carbocycles. The van der Waals surface area contributed by atoms with Gasteiger partial charge in [0.2, 0.25) is 0 Å². The number of carbonyl (C=O) groups is 1. The van der Waals surface area contributed by atoms with Gasteiger partial charge in [-0.25, -0.2) is 0 Å². The number of aliphatic hydroxyl groups is 1. The molecule has 0 radical (unpaired) electrons. The highest BCUT2D eigenvalue weighted by atomic mass is 16.6. The van der Waals surface area contributed by atoms with Gasteiger partial charge in [-0.2, -0.15) is 0 Å². The Balaban J connectivity index is 1.50. The first kappa shape index (κ1) is 20.6. The van der Waals surface area contributed by atoms with Gasteiger partial charge in [0.1, 0.15) is 24.2 Å². The normalized spacial score (nSPS) is 37.0. The number of fused-ring (bicyclic) bond motifs is 2. The highest BCUT2D eigenvalue weighted by molar-refractivity contribution is 5.76. The zero-order valence-electron chi connectivity index (χ0n) is 18.2. The van der Waals surface area contributed by atoms with E-state index in [4.69, 9.17) is 4.74 Å². The summed E-state index contributed by atoms with van der Waals surface area (Å²) in [6, 6.07) is 9.80. The van der Waals surface area contributed by atoms with Crippen LogP contribution >= 0.6 is 0 Å². The summed E-state index contributed by atoms with van der Waals surface area (Å²) in [6.07, 6.45) is 6.59. The largest absolute Gasteiger partial charge is 0.461 e.